The van der Waals surface area contributed by atoms with Crippen molar-refractivity contribution in [3.8, 4) is 34.0 Å². The zero-order valence-corrected chi connectivity index (χ0v) is 17.4. The molecule has 2 bridgehead atoms. The summed E-state index contributed by atoms with van der Waals surface area (Å²) in [7, 11) is 1.55. The Hall–Kier alpha value is -3.65. The fourth-order valence-corrected chi connectivity index (χ4v) is 4.29. The number of ether oxygens (including phenoxy) is 1. The maximum Gasteiger partial charge on any atom is 0.213 e. The summed E-state index contributed by atoms with van der Waals surface area (Å²) in [5.41, 5.74) is 3.13. The molecule has 2 aromatic heterocycles. The molecule has 2 aliphatic rings. The quantitative estimate of drug-likeness (QED) is 0.597. The Morgan fingerprint density at radius 2 is 2.00 bits per heavy atom. The number of aromatic hydroxyl groups is 1. The predicted octanol–water partition coefficient (Wildman–Crippen LogP) is 3.58. The van der Waals surface area contributed by atoms with Crippen LogP contribution < -0.4 is 10.1 Å². The van der Waals surface area contributed by atoms with Crippen molar-refractivity contribution in [1.29, 1.82) is 0 Å². The highest BCUT2D eigenvalue weighted by Crippen LogP contribution is 2.37. The molecule has 8 heteroatoms. The summed E-state index contributed by atoms with van der Waals surface area (Å²) in [5.74, 6) is 0.498. The van der Waals surface area contributed by atoms with Crippen LogP contribution in [0.5, 0.6) is 11.6 Å². The van der Waals surface area contributed by atoms with Crippen molar-refractivity contribution < 1.29 is 14.2 Å². The van der Waals surface area contributed by atoms with E-state index in [2.05, 4.69) is 32.1 Å². The van der Waals surface area contributed by atoms with E-state index in [-0.39, 0.29) is 23.8 Å². The van der Waals surface area contributed by atoms with Gasteiger partial charge in [-0.05, 0) is 41.3 Å². The van der Waals surface area contributed by atoms with Crippen LogP contribution in [0.4, 0.5) is 4.39 Å². The first kappa shape index (κ1) is 20.3. The molecule has 0 spiro atoms. The van der Waals surface area contributed by atoms with Crippen LogP contribution in [0.25, 0.3) is 28.0 Å². The Labute approximate surface area is 184 Å². The molecule has 4 atom stereocenters. The number of fused-ring (bicyclic) bond motifs is 2. The highest BCUT2D eigenvalue weighted by Gasteiger charge is 2.40. The van der Waals surface area contributed by atoms with Gasteiger partial charge in [-0.15, -0.1) is 10.2 Å². The fourth-order valence-electron chi connectivity index (χ4n) is 4.29. The smallest absolute Gasteiger partial charge is 0.213 e. The predicted molar refractivity (Wildman–Crippen MR) is 119 cm³/mol. The molecule has 32 heavy (non-hydrogen) atoms. The largest absolute Gasteiger partial charge is 0.507 e. The first-order valence-corrected chi connectivity index (χ1v) is 10.3. The number of nitrogens with one attached hydrogen (secondary N) is 1. The summed E-state index contributed by atoms with van der Waals surface area (Å²) in [6.45, 7) is 4.05. The van der Waals surface area contributed by atoms with Crippen molar-refractivity contribution in [2.45, 2.75) is 24.7 Å². The maximum absolute atomic E-state index is 14.8. The number of phenols is 1. The van der Waals surface area contributed by atoms with Crippen molar-refractivity contribution in [2.24, 2.45) is 5.92 Å². The Morgan fingerprint density at radius 3 is 2.75 bits per heavy atom. The highest BCUT2D eigenvalue weighted by molar-refractivity contribution is 5.74. The SMILES string of the molecule is C=C(c1ncc(-c2ccc(-c3ccnc(OC)c3)cc2O)nn1)[C@@H]1CC2C=CC(N2)[C@@H]1F. The second kappa shape index (κ2) is 8.12. The van der Waals surface area contributed by atoms with Crippen molar-refractivity contribution in [2.75, 3.05) is 7.11 Å². The van der Waals surface area contributed by atoms with Crippen molar-refractivity contribution in [3.63, 3.8) is 0 Å². The first-order chi connectivity index (χ1) is 15.5. The summed E-state index contributed by atoms with van der Waals surface area (Å²) in [4.78, 5) is 8.46. The number of pyridine rings is 1. The van der Waals surface area contributed by atoms with E-state index in [4.69, 9.17) is 4.74 Å². The molecule has 0 amide bonds. The standard InChI is InChI=1S/C24H22FN5O2/c1-13(18-11-16-4-6-19(28-16)23(18)25)24-27-12-20(29-30-24)17-5-3-14(9-21(17)31)15-7-8-26-22(10-15)32-2/h3-10,12,16,18-19,23,28,31H,1,11H2,2H3/t16?,18-,19?,23+/m0/s1. The number of piperidine rings is 1. The molecule has 1 saturated heterocycles. The zero-order valence-electron chi connectivity index (χ0n) is 17.4. The second-order valence-corrected chi connectivity index (χ2v) is 7.98. The highest BCUT2D eigenvalue weighted by atomic mass is 19.1. The summed E-state index contributed by atoms with van der Waals surface area (Å²) in [5, 5.41) is 22.2. The normalized spacial score (nSPS) is 23.8. The maximum atomic E-state index is 14.8. The van der Waals surface area contributed by atoms with Crippen LogP contribution in [0.3, 0.4) is 0 Å². The summed E-state index contributed by atoms with van der Waals surface area (Å²) in [6.07, 6.45) is 6.58. The van der Waals surface area contributed by atoms with Crippen LogP contribution in [0, 0.1) is 5.92 Å². The molecule has 0 aliphatic carbocycles. The lowest BCUT2D eigenvalue weighted by Crippen LogP contribution is -2.47. The number of methoxy groups -OCH3 is 1. The van der Waals surface area contributed by atoms with E-state index in [0.717, 1.165) is 11.1 Å². The second-order valence-electron chi connectivity index (χ2n) is 7.98. The van der Waals surface area contributed by atoms with Crippen molar-refractivity contribution in [3.05, 3.63) is 67.3 Å². The van der Waals surface area contributed by atoms with Gasteiger partial charge in [0, 0.05) is 29.8 Å². The zero-order chi connectivity index (χ0) is 22.2. The Balaban J connectivity index is 1.36. The van der Waals surface area contributed by atoms with Gasteiger partial charge >= 0.3 is 0 Å². The number of halogens is 1. The average molecular weight is 431 g/mol. The van der Waals surface area contributed by atoms with Gasteiger partial charge < -0.3 is 15.2 Å². The molecule has 1 fully saturated rings. The molecule has 7 nitrogen and oxygen atoms in total. The molecule has 2 N–H and O–H groups in total. The number of rotatable bonds is 5. The van der Waals surface area contributed by atoms with Crippen LogP contribution in [0.15, 0.2) is 61.5 Å². The fraction of sp³-hybridized carbons (Fsp3) is 0.250. The van der Waals surface area contributed by atoms with Crippen molar-refractivity contribution in [1.82, 2.24) is 25.5 Å². The third kappa shape index (κ3) is 3.62. The molecule has 162 valence electrons. The average Bonchev–Trinajstić information content (AvgIpc) is 3.24. The Bertz CT molecular complexity index is 1200. The molecule has 0 radical (unpaired) electrons. The number of phenolic OH excluding ortho intramolecular Hbond substituents is 1. The summed E-state index contributed by atoms with van der Waals surface area (Å²) in [6, 6.07) is 8.74. The van der Waals surface area contributed by atoms with E-state index in [9.17, 15) is 9.50 Å². The molecule has 2 aliphatic heterocycles. The lowest BCUT2D eigenvalue weighted by atomic mass is 9.84. The van der Waals surface area contributed by atoms with Gasteiger partial charge in [0.1, 0.15) is 17.6 Å². The molecular formula is C24H22FN5O2. The van der Waals surface area contributed by atoms with E-state index in [1.165, 1.54) is 6.20 Å². The van der Waals surface area contributed by atoms with Crippen LogP contribution in [0.1, 0.15) is 12.2 Å². The molecule has 5 rings (SSSR count). The Kier molecular flexibility index (Phi) is 5.14. The molecule has 0 saturated carbocycles. The topological polar surface area (TPSA) is 93.1 Å². The number of allylic oxidation sites excluding steroid dienone is 1. The van der Waals surface area contributed by atoms with Gasteiger partial charge in [-0.1, -0.05) is 24.8 Å². The molecule has 2 unspecified atom stereocenters. The number of aromatic nitrogens is 4. The van der Waals surface area contributed by atoms with Gasteiger partial charge in [-0.3, -0.25) is 0 Å². The van der Waals surface area contributed by atoms with Crippen LogP contribution >= 0.6 is 0 Å². The molecule has 3 aromatic rings. The third-order valence-electron chi connectivity index (χ3n) is 6.04. The lowest BCUT2D eigenvalue weighted by Gasteiger charge is -2.33. The van der Waals surface area contributed by atoms with Crippen LogP contribution in [-0.4, -0.2) is 50.6 Å². The van der Waals surface area contributed by atoms with Gasteiger partial charge in [0.2, 0.25) is 5.88 Å². The minimum Gasteiger partial charge on any atom is -0.507 e. The van der Waals surface area contributed by atoms with E-state index >= 15 is 0 Å². The monoisotopic (exact) mass is 431 g/mol. The number of hydrogen-bond acceptors (Lipinski definition) is 7. The van der Waals surface area contributed by atoms with Gasteiger partial charge in [-0.25, -0.2) is 14.4 Å². The van der Waals surface area contributed by atoms with Crippen LogP contribution in [-0.2, 0) is 0 Å². The minimum atomic E-state index is -1.08. The summed E-state index contributed by atoms with van der Waals surface area (Å²) >= 11 is 0. The Morgan fingerprint density at radius 1 is 1.16 bits per heavy atom. The molecule has 4 heterocycles. The number of hydrogen-bond donors (Lipinski definition) is 2. The van der Waals surface area contributed by atoms with E-state index in [0.29, 0.717) is 35.0 Å². The third-order valence-corrected chi connectivity index (χ3v) is 6.04. The van der Waals surface area contributed by atoms with Gasteiger partial charge in [0.25, 0.3) is 0 Å². The first-order valence-electron chi connectivity index (χ1n) is 10.3. The van der Waals surface area contributed by atoms with E-state index in [1.807, 2.05) is 24.3 Å². The number of benzene rings is 1. The van der Waals surface area contributed by atoms with Crippen molar-refractivity contribution >= 4 is 5.57 Å². The van der Waals surface area contributed by atoms with Gasteiger partial charge in [-0.2, -0.15) is 0 Å². The van der Waals surface area contributed by atoms with E-state index < -0.39 is 6.17 Å². The van der Waals surface area contributed by atoms with E-state index in [1.54, 1.807) is 31.5 Å². The molecular weight excluding hydrogens is 409 g/mol. The summed E-state index contributed by atoms with van der Waals surface area (Å²) < 4.78 is 20.0. The van der Waals surface area contributed by atoms with Crippen LogP contribution in [0.2, 0.25) is 0 Å². The molecule has 1 aromatic carbocycles. The van der Waals surface area contributed by atoms with Gasteiger partial charge in [0.05, 0.1) is 19.3 Å². The van der Waals surface area contributed by atoms with Gasteiger partial charge in [0.15, 0.2) is 5.82 Å². The number of alkyl halides is 1. The minimum absolute atomic E-state index is 0.0470. The number of nitrogens with zero attached hydrogens (tertiary/aromatic N) is 4. The lowest BCUT2D eigenvalue weighted by molar-refractivity contribution is 0.178.